The third-order valence-electron chi connectivity index (χ3n) is 3.74. The van der Waals surface area contributed by atoms with Crippen molar-refractivity contribution in [2.45, 2.75) is 6.54 Å². The van der Waals surface area contributed by atoms with Crippen molar-refractivity contribution in [1.82, 2.24) is 5.32 Å². The predicted octanol–water partition coefficient (Wildman–Crippen LogP) is 1.84. The highest BCUT2D eigenvalue weighted by Crippen LogP contribution is 2.36. The summed E-state index contributed by atoms with van der Waals surface area (Å²) in [5.41, 5.74) is 0.105. The number of hydrogen-bond acceptors (Lipinski definition) is 7. The molecular weight excluding hydrogens is 356 g/mol. The van der Waals surface area contributed by atoms with Crippen molar-refractivity contribution >= 4 is 17.6 Å². The zero-order valence-electron chi connectivity index (χ0n) is 14.2. The Bertz CT molecular complexity index is 868. The Balaban J connectivity index is 1.63. The lowest BCUT2D eigenvalue weighted by atomic mass is 10.1. The van der Waals surface area contributed by atoms with Crippen LogP contribution in [0.1, 0.15) is 15.9 Å². The molecule has 0 fully saturated rings. The number of nitro benzene ring substituents is 1. The highest BCUT2D eigenvalue weighted by Gasteiger charge is 2.27. The summed E-state index contributed by atoms with van der Waals surface area (Å²) in [6.45, 7) is 0.245. The standard InChI is InChI=1S/C18H16N2O7/c21-17(19-10-12-4-2-1-3-5-12)11-27-18(22)13-8-15-16(26-7-6-25-15)9-14(13)20(23)24/h1-5,8-9H,6-7,10-11H2,(H,19,21). The molecule has 0 aliphatic carbocycles. The van der Waals surface area contributed by atoms with Gasteiger partial charge in [-0.05, 0) is 5.56 Å². The van der Waals surface area contributed by atoms with Crippen molar-refractivity contribution < 1.29 is 28.7 Å². The minimum absolute atomic E-state index is 0.185. The number of ether oxygens (including phenoxy) is 3. The first-order chi connectivity index (χ1) is 13.0. The first-order valence-electron chi connectivity index (χ1n) is 8.10. The van der Waals surface area contributed by atoms with Gasteiger partial charge in [0, 0.05) is 12.6 Å². The molecule has 0 bridgehead atoms. The molecule has 1 aliphatic heterocycles. The van der Waals surface area contributed by atoms with Crippen LogP contribution in [0.2, 0.25) is 0 Å². The highest BCUT2D eigenvalue weighted by atomic mass is 16.6. The van der Waals surface area contributed by atoms with E-state index in [1.54, 1.807) is 0 Å². The average Bonchev–Trinajstić information content (AvgIpc) is 2.70. The summed E-state index contributed by atoms with van der Waals surface area (Å²) in [7, 11) is 0. The number of nitrogens with zero attached hydrogens (tertiary/aromatic N) is 1. The van der Waals surface area contributed by atoms with Crippen LogP contribution in [0, 0.1) is 10.1 Å². The number of fused-ring (bicyclic) bond motifs is 1. The van der Waals surface area contributed by atoms with Gasteiger partial charge in [0.05, 0.1) is 11.0 Å². The van der Waals surface area contributed by atoms with Crippen molar-refractivity contribution in [3.63, 3.8) is 0 Å². The Morgan fingerprint density at radius 3 is 2.44 bits per heavy atom. The molecule has 1 heterocycles. The number of carbonyl (C=O) groups excluding carboxylic acids is 2. The molecule has 0 unspecified atom stereocenters. The lowest BCUT2D eigenvalue weighted by Gasteiger charge is -2.18. The second kappa shape index (κ2) is 8.17. The third kappa shape index (κ3) is 4.51. The van der Waals surface area contributed by atoms with Crippen molar-refractivity contribution in [3.8, 4) is 11.5 Å². The maximum Gasteiger partial charge on any atom is 0.345 e. The van der Waals surface area contributed by atoms with Gasteiger partial charge in [-0.2, -0.15) is 0 Å². The summed E-state index contributed by atoms with van der Waals surface area (Å²) >= 11 is 0. The normalized spacial score (nSPS) is 12.1. The van der Waals surface area contributed by atoms with Crippen LogP contribution in [-0.2, 0) is 16.1 Å². The predicted molar refractivity (Wildman–Crippen MR) is 92.7 cm³/mol. The van der Waals surface area contributed by atoms with Crippen LogP contribution >= 0.6 is 0 Å². The molecule has 9 heteroatoms. The molecule has 2 aromatic rings. The average molecular weight is 372 g/mol. The topological polar surface area (TPSA) is 117 Å². The van der Waals surface area contributed by atoms with E-state index in [0.717, 1.165) is 11.6 Å². The Kier molecular flexibility index (Phi) is 5.50. The molecule has 0 atom stereocenters. The van der Waals surface area contributed by atoms with Crippen molar-refractivity contribution in [3.05, 3.63) is 63.7 Å². The van der Waals surface area contributed by atoms with Crippen LogP contribution in [0.15, 0.2) is 42.5 Å². The number of benzene rings is 2. The first-order valence-corrected chi connectivity index (χ1v) is 8.10. The van der Waals surface area contributed by atoms with E-state index in [1.807, 2.05) is 30.3 Å². The van der Waals surface area contributed by atoms with E-state index >= 15 is 0 Å². The van der Waals surface area contributed by atoms with Crippen molar-refractivity contribution in [2.75, 3.05) is 19.8 Å². The maximum absolute atomic E-state index is 12.2. The molecule has 140 valence electrons. The molecule has 1 amide bonds. The van der Waals surface area contributed by atoms with Gasteiger partial charge in [-0.3, -0.25) is 14.9 Å². The lowest BCUT2D eigenvalue weighted by Crippen LogP contribution is -2.28. The molecule has 0 saturated carbocycles. The third-order valence-corrected chi connectivity index (χ3v) is 3.74. The SMILES string of the molecule is O=C(COC(=O)c1cc2c(cc1[N+](=O)[O-])OCCO2)NCc1ccccc1. The van der Waals surface area contributed by atoms with E-state index < -0.39 is 29.1 Å². The maximum atomic E-state index is 12.2. The van der Waals surface area contributed by atoms with Crippen LogP contribution in [0.5, 0.6) is 11.5 Å². The largest absolute Gasteiger partial charge is 0.486 e. The number of nitro groups is 1. The fourth-order valence-electron chi connectivity index (χ4n) is 2.45. The molecule has 9 nitrogen and oxygen atoms in total. The number of hydrogen-bond donors (Lipinski definition) is 1. The minimum atomic E-state index is -0.992. The zero-order chi connectivity index (χ0) is 19.2. The van der Waals surface area contributed by atoms with Crippen molar-refractivity contribution in [2.24, 2.45) is 0 Å². The fourth-order valence-corrected chi connectivity index (χ4v) is 2.45. The zero-order valence-corrected chi connectivity index (χ0v) is 14.2. The van der Waals surface area contributed by atoms with Crippen LogP contribution in [0.25, 0.3) is 0 Å². The number of rotatable bonds is 6. The molecular formula is C18H16N2O7. The first kappa shape index (κ1) is 18.2. The molecule has 0 aromatic heterocycles. The number of esters is 1. The minimum Gasteiger partial charge on any atom is -0.486 e. The molecule has 27 heavy (non-hydrogen) atoms. The summed E-state index contributed by atoms with van der Waals surface area (Å²) in [5, 5.41) is 13.8. The number of carbonyl (C=O) groups is 2. The van der Waals surface area contributed by atoms with Gasteiger partial charge in [-0.1, -0.05) is 30.3 Å². The number of nitrogens with one attached hydrogen (secondary N) is 1. The molecule has 2 aromatic carbocycles. The van der Waals surface area contributed by atoms with Gasteiger partial charge in [0.15, 0.2) is 18.1 Å². The summed E-state index contributed by atoms with van der Waals surface area (Å²) in [5.74, 6) is -1.11. The van der Waals surface area contributed by atoms with Crippen LogP contribution < -0.4 is 14.8 Å². The van der Waals surface area contributed by atoms with Crippen molar-refractivity contribution in [1.29, 1.82) is 0 Å². The van der Waals surface area contributed by atoms with Gasteiger partial charge in [-0.25, -0.2) is 4.79 Å². The highest BCUT2D eigenvalue weighted by molar-refractivity contribution is 5.96. The van der Waals surface area contributed by atoms with E-state index in [2.05, 4.69) is 5.32 Å². The van der Waals surface area contributed by atoms with E-state index in [9.17, 15) is 19.7 Å². The van der Waals surface area contributed by atoms with Crippen LogP contribution in [0.3, 0.4) is 0 Å². The van der Waals surface area contributed by atoms with Gasteiger partial charge < -0.3 is 19.5 Å². The molecule has 1 N–H and O–H groups in total. The van der Waals surface area contributed by atoms with E-state index in [4.69, 9.17) is 14.2 Å². The Morgan fingerprint density at radius 2 is 1.78 bits per heavy atom. The van der Waals surface area contributed by atoms with Gasteiger partial charge in [0.1, 0.15) is 18.8 Å². The summed E-state index contributed by atoms with van der Waals surface area (Å²) < 4.78 is 15.5. The number of amides is 1. The molecule has 1 aliphatic rings. The Morgan fingerprint density at radius 1 is 1.11 bits per heavy atom. The summed E-state index contributed by atoms with van der Waals surface area (Å²) in [4.78, 5) is 34.6. The monoisotopic (exact) mass is 372 g/mol. The van der Waals surface area contributed by atoms with E-state index in [-0.39, 0.29) is 36.8 Å². The smallest absolute Gasteiger partial charge is 0.345 e. The molecule has 0 saturated heterocycles. The van der Waals surface area contributed by atoms with Crippen LogP contribution in [-0.4, -0.2) is 36.6 Å². The fraction of sp³-hybridized carbons (Fsp3) is 0.222. The molecule has 0 radical (unpaired) electrons. The van der Waals surface area contributed by atoms with Gasteiger partial charge in [0.25, 0.3) is 11.6 Å². The van der Waals surface area contributed by atoms with E-state index in [1.165, 1.54) is 6.07 Å². The van der Waals surface area contributed by atoms with Gasteiger partial charge >= 0.3 is 5.97 Å². The molecule has 0 spiro atoms. The second-order valence-corrected chi connectivity index (χ2v) is 5.61. The quantitative estimate of drug-likeness (QED) is 0.467. The second-order valence-electron chi connectivity index (χ2n) is 5.61. The Hall–Kier alpha value is -3.62. The van der Waals surface area contributed by atoms with E-state index in [0.29, 0.717) is 0 Å². The summed E-state index contributed by atoms with van der Waals surface area (Å²) in [6.07, 6.45) is 0. The van der Waals surface area contributed by atoms with Gasteiger partial charge in [0.2, 0.25) is 0 Å². The summed E-state index contributed by atoms with van der Waals surface area (Å²) in [6, 6.07) is 11.5. The van der Waals surface area contributed by atoms with Gasteiger partial charge in [-0.15, -0.1) is 0 Å². The lowest BCUT2D eigenvalue weighted by molar-refractivity contribution is -0.385. The molecule has 3 rings (SSSR count). The van der Waals surface area contributed by atoms with Crippen LogP contribution in [0.4, 0.5) is 5.69 Å². The Labute approximate surface area is 154 Å².